The van der Waals surface area contributed by atoms with Crippen LogP contribution in [0.5, 0.6) is 5.75 Å². The van der Waals surface area contributed by atoms with Crippen LogP contribution in [0.2, 0.25) is 0 Å². The number of fused-ring (bicyclic) bond motifs is 1. The molecule has 0 aliphatic carbocycles. The molecule has 0 saturated heterocycles. The zero-order valence-electron chi connectivity index (χ0n) is 9.06. The van der Waals surface area contributed by atoms with Gasteiger partial charge in [0.05, 0.1) is 6.61 Å². The van der Waals surface area contributed by atoms with Gasteiger partial charge < -0.3 is 9.76 Å². The van der Waals surface area contributed by atoms with Crippen LogP contribution in [0.1, 0.15) is 5.56 Å². The molecule has 3 rings (SSSR count). The van der Waals surface area contributed by atoms with Crippen LogP contribution < -0.4 is 10.9 Å². The summed E-state index contributed by atoms with van der Waals surface area (Å²) in [6, 6.07) is 11.5. The summed E-state index contributed by atoms with van der Waals surface area (Å²) in [6.07, 6.45) is 0. The van der Waals surface area contributed by atoms with Gasteiger partial charge in [-0.05, 0) is 40.8 Å². The maximum Gasteiger partial charge on any atom is 0.362 e. The van der Waals surface area contributed by atoms with Crippen LogP contribution in [0.4, 0.5) is 4.39 Å². The molecule has 0 amide bonds. The zero-order valence-corrected chi connectivity index (χ0v) is 9.06. The summed E-state index contributed by atoms with van der Waals surface area (Å²) in [5, 5.41) is 9.45. The Hall–Kier alpha value is -1.81. The van der Waals surface area contributed by atoms with Crippen molar-refractivity contribution in [2.75, 3.05) is 0 Å². The molecule has 0 saturated carbocycles. The van der Waals surface area contributed by atoms with Gasteiger partial charge in [-0.25, -0.2) is 4.39 Å². The Morgan fingerprint density at radius 3 is 2.88 bits per heavy atom. The molecule has 1 N–H and O–H groups in total. The molecule has 0 atom stereocenters. The minimum atomic E-state index is -0.284. The van der Waals surface area contributed by atoms with E-state index in [0.717, 1.165) is 16.5 Å². The summed E-state index contributed by atoms with van der Waals surface area (Å²) in [5.41, 5.74) is 2.68. The topological polar surface area (TPSA) is 29.5 Å². The molecule has 0 spiro atoms. The first kappa shape index (κ1) is 10.4. The third kappa shape index (κ3) is 1.81. The number of aromatic hydroxyl groups is 1. The fourth-order valence-corrected chi connectivity index (χ4v) is 2.17. The van der Waals surface area contributed by atoms with Crippen molar-refractivity contribution in [2.24, 2.45) is 0 Å². The zero-order chi connectivity index (χ0) is 11.8. The van der Waals surface area contributed by atoms with Crippen molar-refractivity contribution in [3.8, 4) is 5.75 Å². The first-order valence-electron chi connectivity index (χ1n) is 5.43. The Morgan fingerprint density at radius 1 is 1.18 bits per heavy atom. The average molecular weight is 228 g/mol. The van der Waals surface area contributed by atoms with E-state index in [4.69, 9.17) is 4.65 Å². The lowest BCUT2D eigenvalue weighted by Crippen LogP contribution is -2.41. The van der Waals surface area contributed by atoms with Gasteiger partial charge in [0.2, 0.25) is 0 Å². The Kier molecular flexibility index (Phi) is 2.37. The maximum atomic E-state index is 13.2. The van der Waals surface area contributed by atoms with Crippen molar-refractivity contribution in [3.63, 3.8) is 0 Å². The third-order valence-electron chi connectivity index (χ3n) is 2.97. The van der Waals surface area contributed by atoms with Gasteiger partial charge >= 0.3 is 6.92 Å². The summed E-state index contributed by atoms with van der Waals surface area (Å²) in [6.45, 7) is 0.198. The van der Waals surface area contributed by atoms with Gasteiger partial charge in [-0.15, -0.1) is 0 Å². The van der Waals surface area contributed by atoms with Crippen molar-refractivity contribution in [3.05, 3.63) is 53.8 Å². The first-order valence-corrected chi connectivity index (χ1v) is 5.43. The summed E-state index contributed by atoms with van der Waals surface area (Å²) in [5.74, 6) is -0.0737. The normalized spacial score (nSPS) is 13.8. The SMILES string of the molecule is Oc1cccc(B2OCc3ccc(F)cc32)c1. The van der Waals surface area contributed by atoms with Crippen molar-refractivity contribution in [1.82, 2.24) is 0 Å². The predicted octanol–water partition coefficient (Wildman–Crippen LogP) is 1.17. The van der Waals surface area contributed by atoms with Crippen LogP contribution in [0, 0.1) is 5.82 Å². The molecule has 2 aromatic rings. The molecule has 0 bridgehead atoms. The van der Waals surface area contributed by atoms with Crippen molar-refractivity contribution >= 4 is 17.8 Å². The standard InChI is InChI=1S/C13H10BFO2/c15-11-5-4-9-8-17-14(13(9)7-11)10-2-1-3-12(16)6-10/h1-7,16H,8H2. The van der Waals surface area contributed by atoms with E-state index in [1.165, 1.54) is 12.1 Å². The fraction of sp³-hybridized carbons (Fsp3) is 0.0769. The molecule has 2 aromatic carbocycles. The van der Waals surface area contributed by atoms with Crippen LogP contribution >= 0.6 is 0 Å². The molecule has 4 heteroatoms. The number of rotatable bonds is 1. The van der Waals surface area contributed by atoms with Gasteiger partial charge in [-0.1, -0.05) is 18.2 Å². The van der Waals surface area contributed by atoms with Gasteiger partial charge in [0.15, 0.2) is 0 Å². The average Bonchev–Trinajstić information content (AvgIpc) is 2.71. The molecule has 0 radical (unpaired) electrons. The van der Waals surface area contributed by atoms with Gasteiger partial charge in [0.25, 0.3) is 0 Å². The van der Waals surface area contributed by atoms with Crippen molar-refractivity contribution in [2.45, 2.75) is 6.61 Å². The summed E-state index contributed by atoms with van der Waals surface area (Å²) < 4.78 is 18.9. The smallest absolute Gasteiger partial charge is 0.362 e. The van der Waals surface area contributed by atoms with E-state index in [-0.39, 0.29) is 18.5 Å². The second kappa shape index (κ2) is 3.89. The monoisotopic (exact) mass is 228 g/mol. The van der Waals surface area contributed by atoms with E-state index in [2.05, 4.69) is 0 Å². The highest BCUT2D eigenvalue weighted by Gasteiger charge is 2.30. The van der Waals surface area contributed by atoms with E-state index < -0.39 is 0 Å². The number of halogens is 1. The lowest BCUT2D eigenvalue weighted by molar-refractivity contribution is 0.337. The summed E-state index contributed by atoms with van der Waals surface area (Å²) in [4.78, 5) is 0. The predicted molar refractivity (Wildman–Crippen MR) is 64.3 cm³/mol. The minimum absolute atomic E-state index is 0.191. The molecule has 1 aliphatic heterocycles. The van der Waals surface area contributed by atoms with Gasteiger partial charge in [-0.3, -0.25) is 0 Å². The lowest BCUT2D eigenvalue weighted by atomic mass is 9.56. The quantitative estimate of drug-likeness (QED) is 0.742. The van der Waals surface area contributed by atoms with Crippen LogP contribution in [0.15, 0.2) is 42.5 Å². The number of benzene rings is 2. The molecule has 0 fully saturated rings. The van der Waals surface area contributed by atoms with Gasteiger partial charge in [-0.2, -0.15) is 0 Å². The lowest BCUT2D eigenvalue weighted by Gasteiger charge is -2.07. The Balaban J connectivity index is 2.06. The molecule has 17 heavy (non-hydrogen) atoms. The summed E-state index contributed by atoms with van der Waals surface area (Å²) >= 11 is 0. The van der Waals surface area contributed by atoms with E-state index in [1.807, 2.05) is 6.07 Å². The number of hydrogen-bond donors (Lipinski definition) is 1. The summed E-state index contributed by atoms with van der Waals surface area (Å²) in [7, 11) is 0. The van der Waals surface area contributed by atoms with Crippen molar-refractivity contribution < 1.29 is 14.2 Å². The van der Waals surface area contributed by atoms with Crippen LogP contribution in [-0.2, 0) is 11.3 Å². The van der Waals surface area contributed by atoms with Crippen molar-refractivity contribution in [1.29, 1.82) is 0 Å². The van der Waals surface area contributed by atoms with E-state index in [0.29, 0.717) is 6.61 Å². The molecular formula is C13H10BFO2. The molecule has 2 nitrogen and oxygen atoms in total. The van der Waals surface area contributed by atoms with E-state index in [9.17, 15) is 9.50 Å². The first-order chi connectivity index (χ1) is 8.24. The molecule has 1 aliphatic rings. The van der Waals surface area contributed by atoms with Crippen LogP contribution in [-0.4, -0.2) is 12.0 Å². The second-order valence-electron chi connectivity index (χ2n) is 4.13. The molecule has 1 heterocycles. The molecule has 84 valence electrons. The number of phenolic OH excluding ortho intramolecular Hbond substituents is 1. The molecular weight excluding hydrogens is 218 g/mol. The Morgan fingerprint density at radius 2 is 2.06 bits per heavy atom. The number of phenols is 1. The molecule has 0 aromatic heterocycles. The van der Waals surface area contributed by atoms with Crippen LogP contribution in [0.25, 0.3) is 0 Å². The van der Waals surface area contributed by atoms with Gasteiger partial charge in [0.1, 0.15) is 11.6 Å². The maximum absolute atomic E-state index is 13.2. The van der Waals surface area contributed by atoms with Crippen LogP contribution in [0.3, 0.4) is 0 Å². The van der Waals surface area contributed by atoms with E-state index >= 15 is 0 Å². The third-order valence-corrected chi connectivity index (χ3v) is 2.97. The highest BCUT2D eigenvalue weighted by Crippen LogP contribution is 2.13. The molecule has 0 unspecified atom stereocenters. The minimum Gasteiger partial charge on any atom is -0.508 e. The fourth-order valence-electron chi connectivity index (χ4n) is 2.17. The highest BCUT2D eigenvalue weighted by molar-refractivity contribution is 6.81. The van der Waals surface area contributed by atoms with Gasteiger partial charge in [0, 0.05) is 0 Å². The Labute approximate surface area is 98.8 Å². The highest BCUT2D eigenvalue weighted by atomic mass is 19.1. The largest absolute Gasteiger partial charge is 0.508 e. The number of hydrogen-bond acceptors (Lipinski definition) is 2. The Bertz CT molecular complexity index is 571. The van der Waals surface area contributed by atoms with E-state index in [1.54, 1.807) is 24.3 Å². The second-order valence-corrected chi connectivity index (χ2v) is 4.13.